The van der Waals surface area contributed by atoms with Gasteiger partial charge >= 0.3 is 0 Å². The van der Waals surface area contributed by atoms with E-state index in [0.717, 1.165) is 11.1 Å². The minimum Gasteiger partial charge on any atom is -0.224 e. The smallest absolute Gasteiger partial charge is 0.224 e. The van der Waals surface area contributed by atoms with Crippen LogP contribution in [0.1, 0.15) is 59.7 Å². The van der Waals surface area contributed by atoms with Gasteiger partial charge in [-0.2, -0.15) is 0 Å². The molecule has 0 saturated carbocycles. The van der Waals surface area contributed by atoms with Crippen molar-refractivity contribution in [1.82, 2.24) is 9.56 Å². The van der Waals surface area contributed by atoms with Crippen molar-refractivity contribution in [2.24, 2.45) is 0 Å². The zero-order valence-electron chi connectivity index (χ0n) is 21.7. The van der Waals surface area contributed by atoms with Gasteiger partial charge in [0.25, 0.3) is 0 Å². The molecule has 0 bridgehead atoms. The Morgan fingerprint density at radius 2 is 1.11 bits per heavy atom. The van der Waals surface area contributed by atoms with Crippen molar-refractivity contribution >= 4 is 21.8 Å². The third-order valence-corrected chi connectivity index (χ3v) is 8.01. The lowest BCUT2D eigenvalue weighted by Gasteiger charge is -2.28. The lowest BCUT2D eigenvalue weighted by Crippen LogP contribution is -2.36. The summed E-state index contributed by atoms with van der Waals surface area (Å²) in [6.45, 7) is 8.32. The molecule has 0 aliphatic heterocycles. The van der Waals surface area contributed by atoms with E-state index < -0.39 is 22.1 Å². The first-order valence-corrected chi connectivity index (χ1v) is 14.2. The fourth-order valence-electron chi connectivity index (χ4n) is 4.01. The van der Waals surface area contributed by atoms with E-state index in [-0.39, 0.29) is 4.90 Å². The Hall–Kier alpha value is -2.96. The van der Waals surface area contributed by atoms with Gasteiger partial charge in [0.2, 0.25) is 10.0 Å². The second-order valence-electron chi connectivity index (χ2n) is 9.34. The van der Waals surface area contributed by atoms with Crippen molar-refractivity contribution in [3.8, 4) is 0 Å². The number of halogens is 1. The van der Waals surface area contributed by atoms with Crippen LogP contribution >= 0.6 is 11.8 Å². The molecule has 2 N–H and O–H groups in total. The molecule has 0 heterocycles. The molecule has 4 aromatic carbocycles. The number of aryl methyl sites for hydroxylation is 2. The second kappa shape index (κ2) is 13.5. The molecule has 0 saturated heterocycles. The maximum absolute atomic E-state index is 13.1. The molecule has 0 aliphatic rings. The van der Waals surface area contributed by atoms with Crippen molar-refractivity contribution in [1.29, 1.82) is 0 Å². The number of hydrogen-bond acceptors (Lipinski definition) is 3. The first kappa shape index (κ1) is 28.6. The van der Waals surface area contributed by atoms with Crippen molar-refractivity contribution in [2.75, 3.05) is 0 Å². The van der Waals surface area contributed by atoms with Gasteiger partial charge in [-0.3, -0.25) is 0 Å². The summed E-state index contributed by atoms with van der Waals surface area (Å²) < 4.78 is 29.1. The highest BCUT2D eigenvalue weighted by molar-refractivity contribution is 7.89. The second-order valence-corrected chi connectivity index (χ2v) is 11.2. The minimum absolute atomic E-state index is 0.257. The van der Waals surface area contributed by atoms with Gasteiger partial charge in [-0.25, -0.2) is 18.0 Å². The molecule has 0 aromatic heterocycles. The lowest BCUT2D eigenvalue weighted by molar-refractivity contribution is 0.482. The molecule has 4 aromatic rings. The molecule has 194 valence electrons. The van der Waals surface area contributed by atoms with E-state index in [2.05, 4.69) is 54.6 Å². The molecule has 0 amide bonds. The van der Waals surface area contributed by atoms with E-state index in [1.54, 1.807) is 25.1 Å². The van der Waals surface area contributed by atoms with Crippen molar-refractivity contribution in [3.05, 3.63) is 137 Å². The Morgan fingerprint density at radius 3 is 1.59 bits per heavy atom. The summed E-state index contributed by atoms with van der Waals surface area (Å²) in [5.41, 5.74) is 5.15. The fourth-order valence-corrected chi connectivity index (χ4v) is 5.74. The Labute approximate surface area is 226 Å². The third kappa shape index (κ3) is 8.01. The van der Waals surface area contributed by atoms with Crippen LogP contribution < -0.4 is 9.56 Å². The van der Waals surface area contributed by atoms with Crippen LogP contribution in [0.2, 0.25) is 0 Å². The molecule has 0 fully saturated rings. The van der Waals surface area contributed by atoms with Gasteiger partial charge in [0.05, 0.1) is 17.0 Å². The molecule has 0 unspecified atom stereocenters. The van der Waals surface area contributed by atoms with Crippen LogP contribution in [0.4, 0.5) is 0 Å². The molecule has 2 atom stereocenters. The summed E-state index contributed by atoms with van der Waals surface area (Å²) in [4.78, 5) is 3.01. The predicted molar refractivity (Wildman–Crippen MR) is 154 cm³/mol. The summed E-state index contributed by atoms with van der Waals surface area (Å²) in [7, 11) is -3.75. The highest BCUT2D eigenvalue weighted by Gasteiger charge is 2.30. The third-order valence-electron chi connectivity index (χ3n) is 6.18. The molecule has 37 heavy (non-hydrogen) atoms. The zero-order chi connectivity index (χ0) is 26.8. The molecule has 6 heteroatoms. The van der Waals surface area contributed by atoms with E-state index >= 15 is 0 Å². The van der Waals surface area contributed by atoms with E-state index in [1.807, 2.05) is 66.7 Å². The Bertz CT molecular complexity index is 1340. The maximum atomic E-state index is 13.1. The fraction of sp³-hybridized carbons (Fsp3) is 0.226. The van der Waals surface area contributed by atoms with E-state index in [1.165, 1.54) is 11.1 Å². The molecular formula is C31H35ClN2O2S. The Morgan fingerprint density at radius 1 is 0.622 bits per heavy atom. The first-order chi connectivity index (χ1) is 17.7. The van der Waals surface area contributed by atoms with Crippen molar-refractivity contribution in [3.63, 3.8) is 0 Å². The highest BCUT2D eigenvalue weighted by Crippen LogP contribution is 2.31. The normalized spacial score (nSPS) is 12.9. The van der Waals surface area contributed by atoms with Gasteiger partial charge in [-0.15, -0.1) is 0 Å². The van der Waals surface area contributed by atoms with Gasteiger partial charge in [-0.1, -0.05) is 123 Å². The average molecular weight is 535 g/mol. The number of nitrogens with one attached hydrogen (secondary N) is 2. The van der Waals surface area contributed by atoms with Crippen LogP contribution in [-0.4, -0.2) is 8.42 Å². The Balaban J connectivity index is 0.000000319. The minimum atomic E-state index is -3.75. The summed E-state index contributed by atoms with van der Waals surface area (Å²) >= 11 is 6.07. The molecule has 4 nitrogen and oxygen atoms in total. The van der Waals surface area contributed by atoms with E-state index in [0.29, 0.717) is 11.5 Å². The first-order valence-electron chi connectivity index (χ1n) is 12.3. The maximum Gasteiger partial charge on any atom is 0.241 e. The van der Waals surface area contributed by atoms with Crippen molar-refractivity contribution < 1.29 is 8.42 Å². The zero-order valence-corrected chi connectivity index (χ0v) is 23.3. The number of benzene rings is 4. The predicted octanol–water partition coefficient (Wildman–Crippen LogP) is 7.62. The van der Waals surface area contributed by atoms with Crippen LogP contribution in [0.3, 0.4) is 0 Å². The van der Waals surface area contributed by atoms with Gasteiger partial charge < -0.3 is 0 Å². The largest absolute Gasteiger partial charge is 0.241 e. The van der Waals surface area contributed by atoms with Gasteiger partial charge in [0.15, 0.2) is 0 Å². The van der Waals surface area contributed by atoms with Crippen LogP contribution in [0, 0.1) is 13.8 Å². The van der Waals surface area contributed by atoms with Crippen molar-refractivity contribution in [2.45, 2.75) is 50.6 Å². The molecule has 4 rings (SSSR count). The van der Waals surface area contributed by atoms with Crippen LogP contribution in [0.15, 0.2) is 114 Å². The number of hydrogen-bond donors (Lipinski definition) is 2. The Kier molecular flexibility index (Phi) is 10.5. The van der Waals surface area contributed by atoms with Gasteiger partial charge in [0.1, 0.15) is 0 Å². The molecule has 0 spiro atoms. The topological polar surface area (TPSA) is 58.2 Å². The van der Waals surface area contributed by atoms with E-state index in [4.69, 9.17) is 11.8 Å². The summed E-state index contributed by atoms with van der Waals surface area (Å²) in [6, 6.07) is 33.5. The average Bonchev–Trinajstić information content (AvgIpc) is 2.90. The quantitative estimate of drug-likeness (QED) is 0.229. The molecule has 0 aliphatic carbocycles. The number of sulfonamides is 1. The summed E-state index contributed by atoms with van der Waals surface area (Å²) in [5, 5.41) is 0. The van der Waals surface area contributed by atoms with E-state index in [9.17, 15) is 8.42 Å². The highest BCUT2D eigenvalue weighted by atomic mass is 35.5. The monoisotopic (exact) mass is 534 g/mol. The lowest BCUT2D eigenvalue weighted by atomic mass is 9.95. The number of rotatable bonds is 8. The SMILES string of the molecule is Cc1ccc(C(C)C)cc1.Cc1ccccc1S(=O)(=O)N[C@H](c1ccccc1)[C@H](NCl)c1ccccc1. The summed E-state index contributed by atoms with van der Waals surface area (Å²) in [6.07, 6.45) is 0. The van der Waals surface area contributed by atoms with Crippen LogP contribution in [-0.2, 0) is 10.0 Å². The van der Waals surface area contributed by atoms with Gasteiger partial charge in [0, 0.05) is 0 Å². The van der Waals surface area contributed by atoms with Crippen LogP contribution in [0.5, 0.6) is 0 Å². The standard InChI is InChI=1S/C21H21ClN2O2S.C10H14/c1-16-10-8-9-15-19(16)27(25,26)24-21(18-13-6-3-7-14-18)20(23-22)17-11-4-2-5-12-17;1-8(2)10-6-4-9(3)5-7-10/h2-15,20-21,23-24H,1H3;4-8H,1-3H3/t20-,21-;/m1./s1. The van der Waals surface area contributed by atoms with Gasteiger partial charge in [-0.05, 0) is 59.9 Å². The molecular weight excluding hydrogens is 500 g/mol. The molecule has 0 radical (unpaired) electrons. The van der Waals surface area contributed by atoms with Crippen LogP contribution in [0.25, 0.3) is 0 Å². The summed E-state index contributed by atoms with van der Waals surface area (Å²) in [5.74, 6) is 0.653.